The topological polar surface area (TPSA) is 26.3 Å². The van der Waals surface area contributed by atoms with Crippen molar-refractivity contribution in [2.75, 3.05) is 0 Å². The van der Waals surface area contributed by atoms with Crippen molar-refractivity contribution in [2.45, 2.75) is 20.5 Å². The fourth-order valence-electron chi connectivity index (χ4n) is 1.17. The molecule has 0 amide bonds. The molecule has 0 fully saturated rings. The Labute approximate surface area is 99.8 Å². The summed E-state index contributed by atoms with van der Waals surface area (Å²) in [6.45, 7) is 0.213. The third kappa shape index (κ3) is 3.12. The van der Waals surface area contributed by atoms with Gasteiger partial charge in [-0.05, 0) is 54.1 Å². The van der Waals surface area contributed by atoms with Crippen LogP contribution in [0.3, 0.4) is 0 Å². The van der Waals surface area contributed by atoms with Gasteiger partial charge in [0.25, 0.3) is 0 Å². The highest BCUT2D eigenvalue weighted by Gasteiger charge is 2.13. The molecule has 0 aliphatic carbocycles. The Kier molecular flexibility index (Phi) is 4.01. The first-order valence-electron chi connectivity index (χ1n) is 4.17. The standard InChI is InChI=1S/C10H9F2IO2/c1-5-3-7(6(2)14)4-8(13)9(5)15-10(11)12/h3-4,10H,1-2H3. The SMILES string of the molecule is CC(=O)c1cc(C)c(OC(F)F)c(I)c1. The van der Waals surface area contributed by atoms with Crippen molar-refractivity contribution >= 4 is 28.4 Å². The highest BCUT2D eigenvalue weighted by atomic mass is 127. The number of carbonyl (C=O) groups is 1. The second kappa shape index (κ2) is 4.87. The van der Waals surface area contributed by atoms with Crippen molar-refractivity contribution in [3.63, 3.8) is 0 Å². The summed E-state index contributed by atoms with van der Waals surface area (Å²) in [6.07, 6.45) is 0. The van der Waals surface area contributed by atoms with Gasteiger partial charge in [0, 0.05) is 5.56 Å². The summed E-state index contributed by atoms with van der Waals surface area (Å²) in [6, 6.07) is 3.08. The predicted molar refractivity (Wildman–Crippen MR) is 60.5 cm³/mol. The van der Waals surface area contributed by atoms with Gasteiger partial charge in [-0.3, -0.25) is 4.79 Å². The van der Waals surface area contributed by atoms with E-state index < -0.39 is 6.61 Å². The molecule has 1 aromatic rings. The molecule has 1 aromatic carbocycles. The largest absolute Gasteiger partial charge is 0.433 e. The Balaban J connectivity index is 3.15. The van der Waals surface area contributed by atoms with Crippen LogP contribution in [0.15, 0.2) is 12.1 Å². The van der Waals surface area contributed by atoms with Crippen LogP contribution in [0.1, 0.15) is 22.8 Å². The van der Waals surface area contributed by atoms with Crippen LogP contribution in [0.5, 0.6) is 5.75 Å². The summed E-state index contributed by atoms with van der Waals surface area (Å²) in [7, 11) is 0. The Bertz CT molecular complexity index is 368. The fourth-order valence-corrected chi connectivity index (χ4v) is 2.06. The van der Waals surface area contributed by atoms with Gasteiger partial charge in [0.2, 0.25) is 0 Å². The minimum absolute atomic E-state index is 0.0976. The molecule has 0 atom stereocenters. The van der Waals surface area contributed by atoms with Crippen LogP contribution < -0.4 is 4.74 Å². The number of aryl methyl sites for hydroxylation is 1. The van der Waals surface area contributed by atoms with E-state index in [0.717, 1.165) is 0 Å². The van der Waals surface area contributed by atoms with Gasteiger partial charge in [-0.1, -0.05) is 0 Å². The summed E-state index contributed by atoms with van der Waals surface area (Å²) >= 11 is 1.87. The van der Waals surface area contributed by atoms with Gasteiger partial charge >= 0.3 is 6.61 Å². The van der Waals surface area contributed by atoms with Crippen LogP contribution in [0.25, 0.3) is 0 Å². The summed E-state index contributed by atoms with van der Waals surface area (Å²) in [4.78, 5) is 11.1. The zero-order valence-corrected chi connectivity index (χ0v) is 10.3. The van der Waals surface area contributed by atoms with E-state index in [0.29, 0.717) is 14.7 Å². The number of ether oxygens (including phenoxy) is 1. The molecule has 0 spiro atoms. The van der Waals surface area contributed by atoms with Crippen molar-refractivity contribution in [3.8, 4) is 5.75 Å². The van der Waals surface area contributed by atoms with E-state index in [1.54, 1.807) is 13.0 Å². The van der Waals surface area contributed by atoms with Crippen LogP contribution in [0, 0.1) is 10.5 Å². The second-order valence-electron chi connectivity index (χ2n) is 3.04. The molecule has 15 heavy (non-hydrogen) atoms. The van der Waals surface area contributed by atoms with Crippen molar-refractivity contribution in [2.24, 2.45) is 0 Å². The summed E-state index contributed by atoms with van der Waals surface area (Å²) in [5, 5.41) is 0. The van der Waals surface area contributed by atoms with Gasteiger partial charge in [0.1, 0.15) is 5.75 Å². The second-order valence-corrected chi connectivity index (χ2v) is 4.20. The molecule has 0 saturated carbocycles. The lowest BCUT2D eigenvalue weighted by Gasteiger charge is -2.11. The lowest BCUT2D eigenvalue weighted by molar-refractivity contribution is -0.0508. The van der Waals surface area contributed by atoms with E-state index in [4.69, 9.17) is 0 Å². The Morgan fingerprint density at radius 2 is 2.07 bits per heavy atom. The molecule has 0 radical (unpaired) electrons. The fraction of sp³-hybridized carbons (Fsp3) is 0.300. The maximum Gasteiger partial charge on any atom is 0.387 e. The molecule has 0 N–H and O–H groups in total. The van der Waals surface area contributed by atoms with Crippen molar-refractivity contribution in [1.82, 2.24) is 0 Å². The van der Waals surface area contributed by atoms with Gasteiger partial charge < -0.3 is 4.74 Å². The third-order valence-electron chi connectivity index (χ3n) is 1.84. The molecular weight excluding hydrogens is 317 g/mol. The van der Waals surface area contributed by atoms with E-state index in [-0.39, 0.29) is 11.5 Å². The van der Waals surface area contributed by atoms with Gasteiger partial charge in [-0.2, -0.15) is 8.78 Å². The minimum atomic E-state index is -2.85. The van der Waals surface area contributed by atoms with Crippen molar-refractivity contribution in [3.05, 3.63) is 26.8 Å². The molecule has 0 unspecified atom stereocenters. The minimum Gasteiger partial charge on any atom is -0.433 e. The number of benzene rings is 1. The highest BCUT2D eigenvalue weighted by Crippen LogP contribution is 2.28. The maximum atomic E-state index is 12.0. The molecule has 2 nitrogen and oxygen atoms in total. The molecule has 0 saturated heterocycles. The number of Topliss-reactive ketones (excluding diaryl/α,β-unsaturated/α-hetero) is 1. The zero-order chi connectivity index (χ0) is 11.6. The van der Waals surface area contributed by atoms with Crippen molar-refractivity contribution < 1.29 is 18.3 Å². The van der Waals surface area contributed by atoms with Crippen LogP contribution >= 0.6 is 22.6 Å². The third-order valence-corrected chi connectivity index (χ3v) is 2.64. The average Bonchev–Trinajstić information content (AvgIpc) is 2.10. The van der Waals surface area contributed by atoms with E-state index >= 15 is 0 Å². The normalized spacial score (nSPS) is 10.5. The van der Waals surface area contributed by atoms with E-state index in [2.05, 4.69) is 4.74 Å². The first-order valence-corrected chi connectivity index (χ1v) is 5.25. The molecule has 5 heteroatoms. The molecule has 0 aliphatic heterocycles. The van der Waals surface area contributed by atoms with Gasteiger partial charge in [0.15, 0.2) is 5.78 Å². The summed E-state index contributed by atoms with van der Waals surface area (Å²) in [5.74, 6) is 0.0372. The molecule has 0 bridgehead atoms. The predicted octanol–water partition coefficient (Wildman–Crippen LogP) is 3.40. The van der Waals surface area contributed by atoms with E-state index in [1.807, 2.05) is 22.6 Å². The highest BCUT2D eigenvalue weighted by molar-refractivity contribution is 14.1. The van der Waals surface area contributed by atoms with E-state index in [9.17, 15) is 13.6 Å². The summed E-state index contributed by atoms with van der Waals surface area (Å²) in [5.41, 5.74) is 1.03. The van der Waals surface area contributed by atoms with E-state index in [1.165, 1.54) is 13.0 Å². The zero-order valence-electron chi connectivity index (χ0n) is 8.18. The first-order chi connectivity index (χ1) is 6.91. The maximum absolute atomic E-state index is 12.0. The Hall–Kier alpha value is -0.720. The van der Waals surface area contributed by atoms with Gasteiger partial charge in [0.05, 0.1) is 3.57 Å². The van der Waals surface area contributed by atoms with Crippen LogP contribution in [-0.4, -0.2) is 12.4 Å². The number of hydrogen-bond donors (Lipinski definition) is 0. The number of carbonyl (C=O) groups excluding carboxylic acids is 1. The van der Waals surface area contributed by atoms with Crippen LogP contribution in [0.4, 0.5) is 8.78 Å². The lowest BCUT2D eigenvalue weighted by Crippen LogP contribution is -2.06. The Morgan fingerprint density at radius 3 is 2.47 bits per heavy atom. The quantitative estimate of drug-likeness (QED) is 0.629. The number of alkyl halides is 2. The molecule has 0 heterocycles. The lowest BCUT2D eigenvalue weighted by atomic mass is 10.1. The molecule has 0 aliphatic rings. The van der Waals surface area contributed by atoms with Crippen molar-refractivity contribution in [1.29, 1.82) is 0 Å². The van der Waals surface area contributed by atoms with Crippen LogP contribution in [0.2, 0.25) is 0 Å². The molecule has 82 valence electrons. The number of rotatable bonds is 3. The molecule has 0 aromatic heterocycles. The van der Waals surface area contributed by atoms with Crippen LogP contribution in [-0.2, 0) is 0 Å². The number of hydrogen-bond acceptors (Lipinski definition) is 2. The average molecular weight is 326 g/mol. The Morgan fingerprint density at radius 1 is 1.47 bits per heavy atom. The van der Waals surface area contributed by atoms with Gasteiger partial charge in [-0.25, -0.2) is 0 Å². The molecule has 1 rings (SSSR count). The number of halogens is 3. The molecular formula is C10H9F2IO2. The number of ketones is 1. The first kappa shape index (κ1) is 12.4. The van der Waals surface area contributed by atoms with Gasteiger partial charge in [-0.15, -0.1) is 0 Å². The smallest absolute Gasteiger partial charge is 0.387 e. The summed E-state index contributed by atoms with van der Waals surface area (Å²) < 4.78 is 29.0. The monoisotopic (exact) mass is 326 g/mol.